The minimum Gasteiger partial charge on any atom is -0.385 e. The summed E-state index contributed by atoms with van der Waals surface area (Å²) in [7, 11) is -1.31. The van der Waals surface area contributed by atoms with Crippen molar-refractivity contribution in [3.8, 4) is 0 Å². The Bertz CT molecular complexity index is 533. The van der Waals surface area contributed by atoms with Crippen LogP contribution in [-0.2, 0) is 19.4 Å². The first-order valence-corrected chi connectivity index (χ1v) is 10.8. The van der Waals surface area contributed by atoms with Crippen molar-refractivity contribution >= 4 is 15.7 Å². The highest BCUT2D eigenvalue weighted by atomic mass is 32.2. The number of carbonyl (C=O) groups is 1. The SMILES string of the molecule is COCCCN(C(=O)C[C@@H]1C[C@H]2CC[C@H]1C2)[C@@H]1CCS(=O)(=O)C1. The van der Waals surface area contributed by atoms with Gasteiger partial charge in [0.25, 0.3) is 0 Å². The number of ether oxygens (including phenoxy) is 1. The Morgan fingerprint density at radius 1 is 1.22 bits per heavy atom. The van der Waals surface area contributed by atoms with E-state index < -0.39 is 9.84 Å². The lowest BCUT2D eigenvalue weighted by Crippen LogP contribution is -2.43. The zero-order valence-electron chi connectivity index (χ0n) is 14.1. The van der Waals surface area contributed by atoms with E-state index in [1.165, 1.54) is 25.7 Å². The van der Waals surface area contributed by atoms with Crippen LogP contribution in [0.3, 0.4) is 0 Å². The van der Waals surface area contributed by atoms with Crippen LogP contribution in [0, 0.1) is 17.8 Å². The van der Waals surface area contributed by atoms with Gasteiger partial charge in [-0.2, -0.15) is 0 Å². The molecular formula is C17H29NO4S. The number of hydrogen-bond donors (Lipinski definition) is 0. The summed E-state index contributed by atoms with van der Waals surface area (Å²) in [6.07, 6.45) is 7.11. The number of sulfone groups is 1. The van der Waals surface area contributed by atoms with Crippen LogP contribution in [0.15, 0.2) is 0 Å². The third-order valence-corrected chi connectivity index (χ3v) is 7.79. The van der Waals surface area contributed by atoms with Gasteiger partial charge in [0.1, 0.15) is 0 Å². The van der Waals surface area contributed by atoms with Gasteiger partial charge in [0.05, 0.1) is 11.5 Å². The average Bonchev–Trinajstić information content (AvgIpc) is 3.19. The standard InChI is InChI=1S/C17H29NO4S/c1-22-7-2-6-18(16-5-8-23(20,21)12-16)17(19)11-15-10-13-3-4-14(15)9-13/h13-16H,2-12H2,1H3/t13-,14-,15-,16+/m0/s1. The summed E-state index contributed by atoms with van der Waals surface area (Å²) >= 11 is 0. The maximum Gasteiger partial charge on any atom is 0.223 e. The van der Waals surface area contributed by atoms with Gasteiger partial charge in [0.2, 0.25) is 5.91 Å². The quantitative estimate of drug-likeness (QED) is 0.662. The van der Waals surface area contributed by atoms with Crippen LogP contribution < -0.4 is 0 Å². The van der Waals surface area contributed by atoms with Crippen molar-refractivity contribution < 1.29 is 17.9 Å². The first kappa shape index (κ1) is 17.2. The van der Waals surface area contributed by atoms with E-state index in [1.54, 1.807) is 7.11 Å². The van der Waals surface area contributed by atoms with Crippen LogP contribution in [-0.4, -0.2) is 57.0 Å². The van der Waals surface area contributed by atoms with Gasteiger partial charge in [0, 0.05) is 32.7 Å². The number of methoxy groups -OCH3 is 1. The van der Waals surface area contributed by atoms with Gasteiger partial charge in [-0.15, -0.1) is 0 Å². The zero-order valence-corrected chi connectivity index (χ0v) is 14.9. The summed E-state index contributed by atoms with van der Waals surface area (Å²) in [6, 6.07) is -0.122. The minimum atomic E-state index is -2.97. The second-order valence-corrected chi connectivity index (χ2v) is 9.86. The van der Waals surface area contributed by atoms with Crippen molar-refractivity contribution in [3.63, 3.8) is 0 Å². The molecule has 0 aromatic heterocycles. The lowest BCUT2D eigenvalue weighted by atomic mass is 9.86. The Morgan fingerprint density at radius 3 is 2.61 bits per heavy atom. The van der Waals surface area contributed by atoms with Crippen LogP contribution in [0.25, 0.3) is 0 Å². The molecule has 0 N–H and O–H groups in total. The van der Waals surface area contributed by atoms with Gasteiger partial charge in [-0.3, -0.25) is 4.79 Å². The van der Waals surface area contributed by atoms with E-state index in [0.29, 0.717) is 31.9 Å². The van der Waals surface area contributed by atoms with Crippen LogP contribution in [0.5, 0.6) is 0 Å². The summed E-state index contributed by atoms with van der Waals surface area (Å²) < 4.78 is 28.7. The Hall–Kier alpha value is -0.620. The number of amides is 1. The molecule has 1 heterocycles. The number of carbonyl (C=O) groups excluding carboxylic acids is 1. The highest BCUT2D eigenvalue weighted by Gasteiger charge is 2.42. The predicted molar refractivity (Wildman–Crippen MR) is 88.8 cm³/mol. The molecule has 0 aromatic rings. The van der Waals surface area contributed by atoms with Crippen molar-refractivity contribution in [3.05, 3.63) is 0 Å². The number of rotatable bonds is 7. The van der Waals surface area contributed by atoms with Crippen LogP contribution in [0.1, 0.15) is 44.9 Å². The van der Waals surface area contributed by atoms with Crippen molar-refractivity contribution in [2.75, 3.05) is 31.8 Å². The molecule has 0 radical (unpaired) electrons. The van der Waals surface area contributed by atoms with Crippen molar-refractivity contribution in [2.45, 2.75) is 51.0 Å². The van der Waals surface area contributed by atoms with Gasteiger partial charge in [-0.05, 0) is 49.9 Å². The Morgan fingerprint density at radius 2 is 2.04 bits per heavy atom. The van der Waals surface area contributed by atoms with Crippen molar-refractivity contribution in [1.82, 2.24) is 4.90 Å². The van der Waals surface area contributed by atoms with Crippen LogP contribution in [0.4, 0.5) is 0 Å². The maximum absolute atomic E-state index is 12.9. The number of fused-ring (bicyclic) bond motifs is 2. The molecule has 3 rings (SSSR count). The highest BCUT2D eigenvalue weighted by Crippen LogP contribution is 2.49. The molecule has 4 atom stereocenters. The Kier molecular flexibility index (Phi) is 5.31. The van der Waals surface area contributed by atoms with E-state index in [1.807, 2.05) is 4.90 Å². The number of hydrogen-bond acceptors (Lipinski definition) is 4. The fourth-order valence-electron chi connectivity index (χ4n) is 4.88. The van der Waals surface area contributed by atoms with Crippen molar-refractivity contribution in [2.24, 2.45) is 17.8 Å². The molecule has 6 heteroatoms. The summed E-state index contributed by atoms with van der Waals surface area (Å²) in [4.78, 5) is 14.7. The molecule has 0 aromatic carbocycles. The second-order valence-electron chi connectivity index (χ2n) is 7.63. The fraction of sp³-hybridized carbons (Fsp3) is 0.941. The van der Waals surface area contributed by atoms with Gasteiger partial charge < -0.3 is 9.64 Å². The molecule has 0 unspecified atom stereocenters. The molecule has 23 heavy (non-hydrogen) atoms. The van der Waals surface area contributed by atoms with E-state index in [0.717, 1.165) is 18.3 Å². The highest BCUT2D eigenvalue weighted by molar-refractivity contribution is 7.91. The summed E-state index contributed by atoms with van der Waals surface area (Å²) in [5.74, 6) is 2.64. The summed E-state index contributed by atoms with van der Waals surface area (Å²) in [5, 5.41) is 0. The van der Waals surface area contributed by atoms with E-state index >= 15 is 0 Å². The van der Waals surface area contributed by atoms with E-state index in [-0.39, 0.29) is 23.5 Å². The molecule has 2 bridgehead atoms. The second kappa shape index (κ2) is 7.09. The summed E-state index contributed by atoms with van der Waals surface area (Å²) in [5.41, 5.74) is 0. The average molecular weight is 343 g/mol. The zero-order chi connectivity index (χ0) is 16.4. The molecule has 1 aliphatic heterocycles. The van der Waals surface area contributed by atoms with Crippen LogP contribution >= 0.6 is 0 Å². The monoisotopic (exact) mass is 343 g/mol. The number of nitrogens with zero attached hydrogens (tertiary/aromatic N) is 1. The normalized spacial score (nSPS) is 34.8. The Labute approximate surface area is 139 Å². The molecule has 3 fully saturated rings. The molecule has 2 aliphatic carbocycles. The molecule has 1 amide bonds. The topological polar surface area (TPSA) is 63.7 Å². The van der Waals surface area contributed by atoms with Gasteiger partial charge in [-0.1, -0.05) is 6.42 Å². The minimum absolute atomic E-state index is 0.122. The molecule has 132 valence electrons. The van der Waals surface area contributed by atoms with Crippen molar-refractivity contribution in [1.29, 1.82) is 0 Å². The fourth-order valence-corrected chi connectivity index (χ4v) is 6.61. The first-order valence-electron chi connectivity index (χ1n) is 8.97. The molecule has 0 spiro atoms. The summed E-state index contributed by atoms with van der Waals surface area (Å²) in [6.45, 7) is 1.23. The first-order chi connectivity index (χ1) is 11.0. The lowest BCUT2D eigenvalue weighted by molar-refractivity contribution is -0.134. The van der Waals surface area contributed by atoms with Gasteiger partial charge in [0.15, 0.2) is 9.84 Å². The largest absolute Gasteiger partial charge is 0.385 e. The smallest absolute Gasteiger partial charge is 0.223 e. The molecular weight excluding hydrogens is 314 g/mol. The maximum atomic E-state index is 12.9. The lowest BCUT2D eigenvalue weighted by Gasteiger charge is -2.31. The van der Waals surface area contributed by atoms with E-state index in [4.69, 9.17) is 4.74 Å². The third-order valence-electron chi connectivity index (χ3n) is 6.04. The van der Waals surface area contributed by atoms with Gasteiger partial charge in [-0.25, -0.2) is 8.42 Å². The van der Waals surface area contributed by atoms with Crippen LogP contribution in [0.2, 0.25) is 0 Å². The predicted octanol–water partition coefficient (Wildman–Crippen LogP) is 1.86. The van der Waals surface area contributed by atoms with E-state index in [9.17, 15) is 13.2 Å². The molecule has 2 saturated carbocycles. The Balaban J connectivity index is 1.61. The third kappa shape index (κ3) is 4.08. The van der Waals surface area contributed by atoms with E-state index in [2.05, 4.69) is 0 Å². The molecule has 1 saturated heterocycles. The van der Waals surface area contributed by atoms with Gasteiger partial charge >= 0.3 is 0 Å². The molecule has 5 nitrogen and oxygen atoms in total. The molecule has 3 aliphatic rings.